The number of rotatable bonds is 6. The molecule has 0 bridgehead atoms. The second-order valence-corrected chi connectivity index (χ2v) is 8.04. The van der Waals surface area contributed by atoms with E-state index < -0.39 is 50.3 Å². The fraction of sp³-hybridized carbons (Fsp3) is 0.412. The molecule has 0 amide bonds. The lowest BCUT2D eigenvalue weighted by molar-refractivity contribution is -0.505. The monoisotopic (exact) mass is 397 g/mol. The summed E-state index contributed by atoms with van der Waals surface area (Å²) in [7, 11) is -1.96. The van der Waals surface area contributed by atoms with Crippen LogP contribution in [0.25, 0.3) is 0 Å². The summed E-state index contributed by atoms with van der Waals surface area (Å²) in [6, 6.07) is 6.53. The van der Waals surface area contributed by atoms with E-state index in [0.717, 1.165) is 14.2 Å². The molecule has 0 radical (unpaired) electrons. The van der Waals surface area contributed by atoms with Gasteiger partial charge < -0.3 is 9.47 Å². The van der Waals surface area contributed by atoms with E-state index in [4.69, 9.17) is 0 Å². The summed E-state index contributed by atoms with van der Waals surface area (Å²) in [5.41, 5.74) is 0.326. The van der Waals surface area contributed by atoms with E-state index in [0.29, 0.717) is 5.56 Å². The highest BCUT2D eigenvalue weighted by molar-refractivity contribution is 7.95. The number of methoxy groups -OCH3 is 2. The fourth-order valence-electron chi connectivity index (χ4n) is 3.27. The molecule has 0 aromatic heterocycles. The van der Waals surface area contributed by atoms with Crippen molar-refractivity contribution in [2.45, 2.75) is 18.9 Å². The molecule has 0 saturated carbocycles. The Labute approximate surface area is 156 Å². The number of carbonyl (C=O) groups excluding carboxylic acids is 2. The minimum atomic E-state index is -4.08. The van der Waals surface area contributed by atoms with Crippen LogP contribution in [0, 0.1) is 16.0 Å². The maximum atomic E-state index is 12.8. The largest absolute Gasteiger partial charge is 0.468 e. The molecular weight excluding hydrogens is 378 g/mol. The van der Waals surface area contributed by atoms with Crippen molar-refractivity contribution in [2.24, 2.45) is 5.92 Å². The van der Waals surface area contributed by atoms with Crippen LogP contribution in [0.1, 0.15) is 18.4 Å². The summed E-state index contributed by atoms with van der Waals surface area (Å²) in [6.45, 7) is 1.33. The molecule has 1 aromatic carbocycles. The Bertz CT molecular complexity index is 875. The molecule has 0 spiro atoms. The van der Waals surface area contributed by atoms with Gasteiger partial charge in [-0.1, -0.05) is 30.3 Å². The first-order valence-electron chi connectivity index (χ1n) is 7.93. The lowest BCUT2D eigenvalue weighted by Gasteiger charge is -2.25. The Morgan fingerprint density at radius 1 is 1.15 bits per heavy atom. The minimum absolute atomic E-state index is 0.00772. The van der Waals surface area contributed by atoms with Crippen LogP contribution >= 0.6 is 0 Å². The van der Waals surface area contributed by atoms with E-state index in [1.807, 2.05) is 0 Å². The average molecular weight is 397 g/mol. The van der Waals surface area contributed by atoms with E-state index in [9.17, 15) is 28.1 Å². The van der Waals surface area contributed by atoms with Crippen LogP contribution in [0.4, 0.5) is 0 Å². The summed E-state index contributed by atoms with van der Waals surface area (Å²) in [5.74, 6) is -5.61. The molecule has 1 aliphatic rings. The number of allylic oxidation sites excluding steroid dienone is 1. The third-order valence-electron chi connectivity index (χ3n) is 4.54. The molecule has 0 unspecified atom stereocenters. The number of hydrogen-bond acceptors (Lipinski definition) is 8. The molecular formula is C17H19NO8S. The zero-order valence-corrected chi connectivity index (χ0v) is 15.8. The van der Waals surface area contributed by atoms with Gasteiger partial charge in [-0.15, -0.1) is 0 Å². The second kappa shape index (κ2) is 7.87. The van der Waals surface area contributed by atoms with Crippen LogP contribution in [0.15, 0.2) is 40.8 Å². The Balaban J connectivity index is 2.79. The predicted molar refractivity (Wildman–Crippen MR) is 94.0 cm³/mol. The molecule has 1 aromatic rings. The third-order valence-corrected chi connectivity index (χ3v) is 6.54. The summed E-state index contributed by atoms with van der Waals surface area (Å²) in [6.07, 6.45) is 0. The number of nitro groups is 1. The van der Waals surface area contributed by atoms with E-state index in [-0.39, 0.29) is 10.5 Å². The maximum absolute atomic E-state index is 12.8. The van der Waals surface area contributed by atoms with Crippen molar-refractivity contribution in [3.05, 3.63) is 56.5 Å². The SMILES string of the molecule is COC(=O)C(C(=O)OC)[C@@H](C1=C(C)[C@@H]([N+](=O)[O-])CS1(=O)=O)c1ccccc1. The first-order valence-corrected chi connectivity index (χ1v) is 9.58. The quantitative estimate of drug-likeness (QED) is 0.302. The van der Waals surface area contributed by atoms with Gasteiger partial charge in [0.05, 0.1) is 19.1 Å². The highest BCUT2D eigenvalue weighted by Gasteiger charge is 2.51. The van der Waals surface area contributed by atoms with Gasteiger partial charge in [0.15, 0.2) is 15.8 Å². The standard InChI is InChI=1S/C17H19NO8S/c1-10-12(18(21)22)9-27(23,24)15(10)13(11-7-5-4-6-8-11)14(16(19)25-2)17(20)26-3/h4-8,12-14H,9H2,1-3H3/t12-,13-/m0/s1. The Kier molecular flexibility index (Phi) is 5.99. The number of nitrogens with zero attached hydrogens (tertiary/aromatic N) is 1. The highest BCUT2D eigenvalue weighted by atomic mass is 32.2. The summed E-state index contributed by atoms with van der Waals surface area (Å²) < 4.78 is 34.9. The van der Waals surface area contributed by atoms with Crippen molar-refractivity contribution in [2.75, 3.05) is 20.0 Å². The molecule has 0 saturated heterocycles. The predicted octanol–water partition coefficient (Wildman–Crippen LogP) is 1.08. The van der Waals surface area contributed by atoms with Gasteiger partial charge in [-0.2, -0.15) is 0 Å². The van der Waals surface area contributed by atoms with Gasteiger partial charge in [0, 0.05) is 16.4 Å². The molecule has 1 aliphatic heterocycles. The highest BCUT2D eigenvalue weighted by Crippen LogP contribution is 2.43. The van der Waals surface area contributed by atoms with E-state index in [2.05, 4.69) is 9.47 Å². The molecule has 2 atom stereocenters. The van der Waals surface area contributed by atoms with Crippen LogP contribution in [0.2, 0.25) is 0 Å². The van der Waals surface area contributed by atoms with Gasteiger partial charge in [0.1, 0.15) is 5.75 Å². The molecule has 0 aliphatic carbocycles. The average Bonchev–Trinajstić information content (AvgIpc) is 2.88. The van der Waals surface area contributed by atoms with E-state index in [1.54, 1.807) is 30.3 Å². The van der Waals surface area contributed by atoms with Crippen molar-refractivity contribution in [3.8, 4) is 0 Å². The number of benzene rings is 1. The van der Waals surface area contributed by atoms with Crippen LogP contribution in [0.3, 0.4) is 0 Å². The Morgan fingerprint density at radius 3 is 2.07 bits per heavy atom. The molecule has 27 heavy (non-hydrogen) atoms. The van der Waals surface area contributed by atoms with Gasteiger partial charge >= 0.3 is 11.9 Å². The topological polar surface area (TPSA) is 130 Å². The van der Waals surface area contributed by atoms with Crippen LogP contribution in [-0.4, -0.2) is 51.3 Å². The number of ether oxygens (including phenoxy) is 2. The number of esters is 2. The first kappa shape index (κ1) is 20.6. The molecule has 0 N–H and O–H groups in total. The minimum Gasteiger partial charge on any atom is -0.468 e. The van der Waals surface area contributed by atoms with Crippen molar-refractivity contribution < 1.29 is 32.4 Å². The van der Waals surface area contributed by atoms with Crippen LogP contribution < -0.4 is 0 Å². The molecule has 1 heterocycles. The summed E-state index contributed by atoms with van der Waals surface area (Å²) in [5, 5.41) is 11.3. The lowest BCUT2D eigenvalue weighted by atomic mass is 9.83. The van der Waals surface area contributed by atoms with Gasteiger partial charge in [-0.3, -0.25) is 19.7 Å². The maximum Gasteiger partial charge on any atom is 0.321 e. The molecule has 146 valence electrons. The summed E-state index contributed by atoms with van der Waals surface area (Å²) >= 11 is 0. The third kappa shape index (κ3) is 3.85. The summed E-state index contributed by atoms with van der Waals surface area (Å²) in [4.78, 5) is 35.0. The zero-order valence-electron chi connectivity index (χ0n) is 14.9. The number of sulfone groups is 1. The fourth-order valence-corrected chi connectivity index (χ4v) is 5.52. The van der Waals surface area contributed by atoms with E-state index >= 15 is 0 Å². The van der Waals surface area contributed by atoms with Gasteiger partial charge in [0.2, 0.25) is 6.04 Å². The second-order valence-electron chi connectivity index (χ2n) is 6.04. The number of hydrogen-bond donors (Lipinski definition) is 0. The van der Waals surface area contributed by atoms with Crippen molar-refractivity contribution >= 4 is 21.8 Å². The zero-order chi connectivity index (χ0) is 20.4. The molecule has 9 nitrogen and oxygen atoms in total. The molecule has 10 heteroatoms. The Morgan fingerprint density at radius 2 is 1.67 bits per heavy atom. The smallest absolute Gasteiger partial charge is 0.321 e. The van der Waals surface area contributed by atoms with Gasteiger partial charge in [-0.25, -0.2) is 8.42 Å². The first-order chi connectivity index (χ1) is 12.7. The van der Waals surface area contributed by atoms with Crippen molar-refractivity contribution in [1.82, 2.24) is 0 Å². The molecule has 2 rings (SSSR count). The Hall–Kier alpha value is -2.75. The van der Waals surface area contributed by atoms with E-state index in [1.165, 1.54) is 6.92 Å². The van der Waals surface area contributed by atoms with Gasteiger partial charge in [0.25, 0.3) is 0 Å². The normalized spacial score (nSPS) is 19.6. The van der Waals surface area contributed by atoms with Crippen LogP contribution in [-0.2, 0) is 28.9 Å². The van der Waals surface area contributed by atoms with Crippen LogP contribution in [0.5, 0.6) is 0 Å². The van der Waals surface area contributed by atoms with Crippen molar-refractivity contribution in [3.63, 3.8) is 0 Å². The number of carbonyl (C=O) groups is 2. The van der Waals surface area contributed by atoms with Crippen molar-refractivity contribution in [1.29, 1.82) is 0 Å². The molecule has 0 fully saturated rings. The lowest BCUT2D eigenvalue weighted by Crippen LogP contribution is -2.34. The van der Waals surface area contributed by atoms with Gasteiger partial charge in [-0.05, 0) is 12.5 Å².